The molecular formula is C23H21Cl3N4O7S2. The average molecular weight is 636 g/mol. The standard InChI is InChI=1S/C23H21Cl3N4O7S2/c1-10(31)34-8-17-20(35-11(2)32)19(30-7-16(28-29-30)22-27-18(26)9-38-22)21(36-12(3)33)23(37-17)39-13-4-5-14(24)15(25)6-13/h4-7,9,17,19-21,23H,8H2,1-3H3/t17-,19+,20+,21-,23-/m1/s1. The van der Waals surface area contributed by atoms with Gasteiger partial charge in [0.2, 0.25) is 0 Å². The summed E-state index contributed by atoms with van der Waals surface area (Å²) in [5.41, 5.74) is -0.489. The Morgan fingerprint density at radius 3 is 2.38 bits per heavy atom. The molecule has 1 fully saturated rings. The highest BCUT2D eigenvalue weighted by Gasteiger charge is 2.52. The van der Waals surface area contributed by atoms with E-state index in [2.05, 4.69) is 15.3 Å². The van der Waals surface area contributed by atoms with Gasteiger partial charge in [0.25, 0.3) is 0 Å². The zero-order valence-electron chi connectivity index (χ0n) is 20.6. The van der Waals surface area contributed by atoms with Crippen LogP contribution in [0.3, 0.4) is 0 Å². The van der Waals surface area contributed by atoms with E-state index < -0.39 is 47.7 Å². The Morgan fingerprint density at radius 2 is 1.77 bits per heavy atom. The van der Waals surface area contributed by atoms with Crippen molar-refractivity contribution < 1.29 is 33.3 Å². The molecule has 16 heteroatoms. The van der Waals surface area contributed by atoms with Gasteiger partial charge < -0.3 is 18.9 Å². The van der Waals surface area contributed by atoms with Crippen LogP contribution in [0.2, 0.25) is 15.2 Å². The number of rotatable bonds is 8. The third-order valence-corrected chi connectivity index (χ3v) is 8.39. The van der Waals surface area contributed by atoms with Gasteiger partial charge >= 0.3 is 17.9 Å². The quantitative estimate of drug-likeness (QED) is 0.249. The Labute approximate surface area is 246 Å². The van der Waals surface area contributed by atoms with Gasteiger partial charge in [-0.15, -0.1) is 16.4 Å². The fourth-order valence-corrected chi connectivity index (χ4v) is 6.26. The Balaban J connectivity index is 1.79. The lowest BCUT2D eigenvalue weighted by Crippen LogP contribution is -2.57. The van der Waals surface area contributed by atoms with Crippen LogP contribution in [-0.4, -0.2) is 68.2 Å². The Morgan fingerprint density at radius 1 is 1.05 bits per heavy atom. The number of nitrogens with zero attached hydrogens (tertiary/aromatic N) is 4. The molecule has 2 aromatic heterocycles. The summed E-state index contributed by atoms with van der Waals surface area (Å²) < 4.78 is 24.3. The molecule has 0 saturated carbocycles. The molecule has 0 unspecified atom stereocenters. The van der Waals surface area contributed by atoms with Gasteiger partial charge in [0.1, 0.15) is 40.0 Å². The summed E-state index contributed by atoms with van der Waals surface area (Å²) in [6.07, 6.45) is -1.53. The molecule has 0 aliphatic carbocycles. The van der Waals surface area contributed by atoms with E-state index in [1.54, 1.807) is 29.8 Å². The van der Waals surface area contributed by atoms with Crippen molar-refractivity contribution in [3.05, 3.63) is 45.0 Å². The fraction of sp³-hybridized carbons (Fsp3) is 0.391. The van der Waals surface area contributed by atoms with Crippen molar-refractivity contribution in [1.82, 2.24) is 20.0 Å². The number of esters is 3. The van der Waals surface area contributed by atoms with Gasteiger partial charge in [0.15, 0.2) is 12.2 Å². The van der Waals surface area contributed by atoms with Crippen LogP contribution in [0.15, 0.2) is 34.7 Å². The molecule has 0 radical (unpaired) electrons. The smallest absolute Gasteiger partial charge is 0.303 e. The predicted molar refractivity (Wildman–Crippen MR) is 144 cm³/mol. The summed E-state index contributed by atoms with van der Waals surface area (Å²) in [6, 6.07) is 4.04. The molecule has 0 spiro atoms. The van der Waals surface area contributed by atoms with Crippen LogP contribution >= 0.6 is 57.9 Å². The minimum absolute atomic E-state index is 0.251. The summed E-state index contributed by atoms with van der Waals surface area (Å²) in [5, 5.41) is 11.5. The van der Waals surface area contributed by atoms with Crippen molar-refractivity contribution >= 4 is 75.8 Å². The largest absolute Gasteiger partial charge is 0.463 e. The van der Waals surface area contributed by atoms with Gasteiger partial charge in [0, 0.05) is 31.0 Å². The lowest BCUT2D eigenvalue weighted by atomic mass is 9.96. The minimum Gasteiger partial charge on any atom is -0.463 e. The Hall–Kier alpha value is -2.42. The van der Waals surface area contributed by atoms with Gasteiger partial charge in [-0.3, -0.25) is 14.4 Å². The first-order valence-corrected chi connectivity index (χ1v) is 14.2. The van der Waals surface area contributed by atoms with Crippen LogP contribution in [0.5, 0.6) is 0 Å². The predicted octanol–water partition coefficient (Wildman–Crippen LogP) is 4.85. The number of ether oxygens (including phenoxy) is 4. The number of hydrogen-bond donors (Lipinski definition) is 0. The highest BCUT2D eigenvalue weighted by atomic mass is 35.5. The van der Waals surface area contributed by atoms with Crippen molar-refractivity contribution in [2.24, 2.45) is 0 Å². The molecule has 0 bridgehead atoms. The summed E-state index contributed by atoms with van der Waals surface area (Å²) in [5.74, 6) is -1.80. The second-order valence-corrected chi connectivity index (χ2v) is 11.5. The van der Waals surface area contributed by atoms with Crippen molar-refractivity contribution in [2.75, 3.05) is 6.61 Å². The maximum absolute atomic E-state index is 12.3. The molecule has 11 nitrogen and oxygen atoms in total. The monoisotopic (exact) mass is 634 g/mol. The maximum atomic E-state index is 12.3. The van der Waals surface area contributed by atoms with Crippen LogP contribution in [0.25, 0.3) is 10.7 Å². The number of hydrogen-bond acceptors (Lipinski definition) is 12. The first kappa shape index (κ1) is 29.6. The van der Waals surface area contributed by atoms with E-state index in [0.29, 0.717) is 30.8 Å². The number of aromatic nitrogens is 4. The zero-order chi connectivity index (χ0) is 28.3. The Kier molecular flexibility index (Phi) is 9.73. The van der Waals surface area contributed by atoms with Crippen LogP contribution in [-0.2, 0) is 33.3 Å². The highest BCUT2D eigenvalue weighted by molar-refractivity contribution is 7.99. The molecule has 0 amide bonds. The van der Waals surface area contributed by atoms with E-state index in [0.717, 1.165) is 0 Å². The van der Waals surface area contributed by atoms with E-state index >= 15 is 0 Å². The lowest BCUT2D eigenvalue weighted by Gasteiger charge is -2.44. The lowest BCUT2D eigenvalue weighted by molar-refractivity contribution is -0.212. The summed E-state index contributed by atoms with van der Waals surface area (Å²) >= 11 is 20.7. The van der Waals surface area contributed by atoms with Crippen LogP contribution in [0.1, 0.15) is 26.8 Å². The third kappa shape index (κ3) is 7.41. The van der Waals surface area contributed by atoms with Gasteiger partial charge in [-0.05, 0) is 18.2 Å². The molecule has 4 rings (SSSR count). The number of thiazole rings is 1. The number of benzene rings is 1. The maximum Gasteiger partial charge on any atom is 0.303 e. The van der Waals surface area contributed by atoms with Crippen molar-refractivity contribution in [3.8, 4) is 10.7 Å². The zero-order valence-corrected chi connectivity index (χ0v) is 24.5. The second-order valence-electron chi connectivity index (χ2n) is 8.24. The molecule has 208 valence electrons. The molecule has 3 aromatic rings. The molecule has 3 heterocycles. The van der Waals surface area contributed by atoms with E-state index in [4.69, 9.17) is 53.8 Å². The van der Waals surface area contributed by atoms with Crippen molar-refractivity contribution in [3.63, 3.8) is 0 Å². The number of halogens is 3. The second kappa shape index (κ2) is 12.8. The normalized spacial score (nSPS) is 22.8. The Bertz CT molecular complexity index is 1370. The number of carbonyl (C=O) groups excluding carboxylic acids is 3. The van der Waals surface area contributed by atoms with Crippen molar-refractivity contribution in [1.29, 1.82) is 0 Å². The SMILES string of the molecule is CC(=O)OC[C@H]1O[C@H](Sc2ccc(Cl)c(Cl)c2)[C@H](OC(C)=O)[C@@H](n2cc(-c3nc(Cl)cs3)nn2)[C@H]1OC(C)=O. The molecule has 39 heavy (non-hydrogen) atoms. The minimum atomic E-state index is -1.09. The van der Waals surface area contributed by atoms with Crippen molar-refractivity contribution in [2.45, 2.75) is 55.5 Å². The molecule has 1 aliphatic heterocycles. The fourth-order valence-electron chi connectivity index (χ4n) is 3.86. The van der Waals surface area contributed by atoms with E-state index in [1.165, 1.54) is 48.6 Å². The van der Waals surface area contributed by atoms with Crippen LogP contribution in [0.4, 0.5) is 0 Å². The van der Waals surface area contributed by atoms with E-state index in [1.807, 2.05) is 0 Å². The van der Waals surface area contributed by atoms with Crippen LogP contribution < -0.4 is 0 Å². The molecule has 5 atom stereocenters. The van der Waals surface area contributed by atoms with Crippen LogP contribution in [0, 0.1) is 0 Å². The summed E-state index contributed by atoms with van der Waals surface area (Å²) in [4.78, 5) is 41.0. The average Bonchev–Trinajstić information content (AvgIpc) is 3.50. The molecular weight excluding hydrogens is 615 g/mol. The van der Waals surface area contributed by atoms with Gasteiger partial charge in [-0.1, -0.05) is 51.8 Å². The molecule has 1 aromatic carbocycles. The topological polar surface area (TPSA) is 132 Å². The molecule has 1 aliphatic rings. The first-order valence-electron chi connectivity index (χ1n) is 11.3. The molecule has 1 saturated heterocycles. The number of thioether (sulfide) groups is 1. The van der Waals surface area contributed by atoms with Gasteiger partial charge in [-0.2, -0.15) is 0 Å². The number of carbonyl (C=O) groups is 3. The first-order chi connectivity index (χ1) is 18.5. The van der Waals surface area contributed by atoms with Gasteiger partial charge in [0.05, 0.1) is 16.2 Å². The van der Waals surface area contributed by atoms with Gasteiger partial charge in [-0.25, -0.2) is 9.67 Å². The summed E-state index contributed by atoms with van der Waals surface area (Å²) in [7, 11) is 0. The summed E-state index contributed by atoms with van der Waals surface area (Å²) in [6.45, 7) is 3.46. The highest BCUT2D eigenvalue weighted by Crippen LogP contribution is 2.42. The van der Waals surface area contributed by atoms with E-state index in [9.17, 15) is 14.4 Å². The van der Waals surface area contributed by atoms with E-state index in [-0.39, 0.29) is 6.61 Å². The molecule has 0 N–H and O–H groups in total. The third-order valence-electron chi connectivity index (χ3n) is 5.33.